The van der Waals surface area contributed by atoms with Gasteiger partial charge in [-0.25, -0.2) is 4.98 Å². The molecular formula is C27H30N4O3. The van der Waals surface area contributed by atoms with Crippen molar-refractivity contribution in [2.45, 2.75) is 32.1 Å². The molecular weight excluding hydrogens is 428 g/mol. The number of carbonyl (C=O) groups is 1. The molecule has 0 aliphatic carbocycles. The monoisotopic (exact) mass is 458 g/mol. The number of aliphatic carboxylic acids is 1. The zero-order valence-electron chi connectivity index (χ0n) is 19.5. The number of aryl methyl sites for hydroxylation is 1. The summed E-state index contributed by atoms with van der Waals surface area (Å²) in [6, 6.07) is 8.05. The van der Waals surface area contributed by atoms with Gasteiger partial charge in [0.05, 0.1) is 25.4 Å². The number of aromatic nitrogens is 3. The second-order valence-electron chi connectivity index (χ2n) is 8.78. The van der Waals surface area contributed by atoms with E-state index in [0.29, 0.717) is 18.2 Å². The minimum Gasteiger partial charge on any atom is -0.497 e. The molecule has 7 heteroatoms. The van der Waals surface area contributed by atoms with E-state index in [4.69, 9.17) is 4.74 Å². The zero-order valence-corrected chi connectivity index (χ0v) is 19.5. The van der Waals surface area contributed by atoms with E-state index >= 15 is 0 Å². The average molecular weight is 459 g/mol. The Labute approximate surface area is 200 Å². The SMILES string of the molecule is COc1ccc2nccc(CCC[C@@H]3CCN(CC#Cc4cnccn4)C[C@@H]3CC(=O)O)c2c1. The second-order valence-corrected chi connectivity index (χ2v) is 8.78. The first-order valence-electron chi connectivity index (χ1n) is 11.7. The average Bonchev–Trinajstić information content (AvgIpc) is 2.85. The fraction of sp³-hybridized carbons (Fsp3) is 0.407. The van der Waals surface area contributed by atoms with Gasteiger partial charge in [0, 0.05) is 36.9 Å². The van der Waals surface area contributed by atoms with E-state index in [1.165, 1.54) is 5.56 Å². The third-order valence-corrected chi connectivity index (χ3v) is 6.55. The predicted octanol–water partition coefficient (Wildman–Crippen LogP) is 3.82. The van der Waals surface area contributed by atoms with E-state index in [1.54, 1.807) is 25.7 Å². The maximum Gasteiger partial charge on any atom is 0.303 e. The number of hydrogen-bond donors (Lipinski definition) is 1. The summed E-state index contributed by atoms with van der Waals surface area (Å²) in [4.78, 5) is 26.5. The molecule has 2 atom stereocenters. The molecule has 1 fully saturated rings. The molecule has 34 heavy (non-hydrogen) atoms. The molecule has 176 valence electrons. The number of piperidine rings is 1. The molecule has 0 unspecified atom stereocenters. The Bertz CT molecular complexity index is 1170. The summed E-state index contributed by atoms with van der Waals surface area (Å²) in [5, 5.41) is 10.6. The topological polar surface area (TPSA) is 88.4 Å². The molecule has 0 spiro atoms. The maximum atomic E-state index is 11.5. The molecule has 1 aromatic carbocycles. The standard InChI is InChI=1S/C27H30N4O3/c1-34-24-7-8-26-25(17-24)21(9-11-30-26)5-2-4-20-10-15-31(19-22(20)16-27(32)33)14-3-6-23-18-28-12-13-29-23/h7-9,11-13,17-18,20,22H,2,4-5,10,14-16,19H2,1H3,(H,32,33)/t20-,22+/m1/s1. The molecule has 0 radical (unpaired) electrons. The van der Waals surface area contributed by atoms with Gasteiger partial charge in [0.25, 0.3) is 0 Å². The molecule has 7 nitrogen and oxygen atoms in total. The number of hydrogen-bond acceptors (Lipinski definition) is 6. The van der Waals surface area contributed by atoms with Crippen molar-refractivity contribution in [3.05, 3.63) is 60.3 Å². The number of carboxylic acid groups (broad SMARTS) is 1. The Morgan fingerprint density at radius 2 is 2.12 bits per heavy atom. The van der Waals surface area contributed by atoms with Gasteiger partial charge in [-0.05, 0) is 79.8 Å². The van der Waals surface area contributed by atoms with E-state index in [9.17, 15) is 9.90 Å². The summed E-state index contributed by atoms with van der Waals surface area (Å²) in [5.41, 5.74) is 2.88. The highest BCUT2D eigenvalue weighted by Gasteiger charge is 2.30. The number of fused-ring (bicyclic) bond motifs is 1. The van der Waals surface area contributed by atoms with E-state index < -0.39 is 5.97 Å². The maximum absolute atomic E-state index is 11.5. The number of rotatable bonds is 8. The van der Waals surface area contributed by atoms with E-state index in [0.717, 1.165) is 55.4 Å². The molecule has 1 aliphatic rings. The van der Waals surface area contributed by atoms with E-state index in [-0.39, 0.29) is 12.3 Å². The van der Waals surface area contributed by atoms with Crippen molar-refractivity contribution in [3.8, 4) is 17.6 Å². The lowest BCUT2D eigenvalue weighted by molar-refractivity contribution is -0.139. The first-order valence-corrected chi connectivity index (χ1v) is 11.7. The van der Waals surface area contributed by atoms with Crippen LogP contribution in [0.2, 0.25) is 0 Å². The third kappa shape index (κ3) is 6.30. The van der Waals surface area contributed by atoms with Crippen LogP contribution in [0.1, 0.15) is 36.9 Å². The minimum absolute atomic E-state index is 0.138. The summed E-state index contributed by atoms with van der Waals surface area (Å²) in [6.45, 7) is 2.32. The van der Waals surface area contributed by atoms with Crippen molar-refractivity contribution in [1.82, 2.24) is 19.9 Å². The van der Waals surface area contributed by atoms with Crippen LogP contribution in [0.5, 0.6) is 5.75 Å². The second kappa shape index (κ2) is 11.6. The van der Waals surface area contributed by atoms with Crippen molar-refractivity contribution in [3.63, 3.8) is 0 Å². The molecule has 0 amide bonds. The van der Waals surface area contributed by atoms with Gasteiger partial charge in [-0.1, -0.05) is 5.92 Å². The summed E-state index contributed by atoms with van der Waals surface area (Å²) in [7, 11) is 1.67. The Hall–Kier alpha value is -3.50. The zero-order chi connectivity index (χ0) is 23.8. The van der Waals surface area contributed by atoms with Crippen LogP contribution < -0.4 is 4.74 Å². The van der Waals surface area contributed by atoms with Crippen molar-refractivity contribution < 1.29 is 14.6 Å². The smallest absolute Gasteiger partial charge is 0.303 e. The number of ether oxygens (including phenoxy) is 1. The highest BCUT2D eigenvalue weighted by Crippen LogP contribution is 2.31. The molecule has 0 saturated carbocycles. The van der Waals surface area contributed by atoms with Gasteiger partial charge in [0.15, 0.2) is 0 Å². The summed E-state index contributed by atoms with van der Waals surface area (Å²) in [6.07, 6.45) is 10.9. The lowest BCUT2D eigenvalue weighted by Crippen LogP contribution is -2.41. The van der Waals surface area contributed by atoms with Gasteiger partial charge in [0.2, 0.25) is 0 Å². The Kier molecular flexibility index (Phi) is 8.05. The van der Waals surface area contributed by atoms with Crippen molar-refractivity contribution in [1.29, 1.82) is 0 Å². The summed E-state index contributed by atoms with van der Waals surface area (Å²) in [5.74, 6) is 6.85. The Morgan fingerprint density at radius 3 is 2.91 bits per heavy atom. The highest BCUT2D eigenvalue weighted by atomic mass is 16.5. The first-order chi connectivity index (χ1) is 16.6. The lowest BCUT2D eigenvalue weighted by atomic mass is 9.80. The van der Waals surface area contributed by atoms with Crippen LogP contribution >= 0.6 is 0 Å². The largest absolute Gasteiger partial charge is 0.497 e. The number of benzene rings is 1. The third-order valence-electron chi connectivity index (χ3n) is 6.55. The molecule has 3 aromatic rings. The normalized spacial score (nSPS) is 18.3. The van der Waals surface area contributed by atoms with Gasteiger partial charge in [-0.3, -0.25) is 19.7 Å². The van der Waals surface area contributed by atoms with Crippen LogP contribution in [0.15, 0.2) is 49.1 Å². The van der Waals surface area contributed by atoms with Crippen LogP contribution in [0.4, 0.5) is 0 Å². The van der Waals surface area contributed by atoms with Crippen LogP contribution in [0, 0.1) is 23.7 Å². The molecule has 3 heterocycles. The Morgan fingerprint density at radius 1 is 1.21 bits per heavy atom. The molecule has 0 bridgehead atoms. The van der Waals surface area contributed by atoms with Crippen LogP contribution in [-0.2, 0) is 11.2 Å². The van der Waals surface area contributed by atoms with Gasteiger partial charge >= 0.3 is 5.97 Å². The molecule has 1 N–H and O–H groups in total. The predicted molar refractivity (Wildman–Crippen MR) is 130 cm³/mol. The lowest BCUT2D eigenvalue weighted by Gasteiger charge is -2.37. The number of likely N-dealkylation sites (tertiary alicyclic amines) is 1. The number of methoxy groups -OCH3 is 1. The van der Waals surface area contributed by atoms with E-state index in [1.807, 2.05) is 24.4 Å². The molecule has 1 saturated heterocycles. The Balaban J connectivity index is 1.35. The van der Waals surface area contributed by atoms with Crippen LogP contribution in [0.25, 0.3) is 10.9 Å². The van der Waals surface area contributed by atoms with Crippen LogP contribution in [0.3, 0.4) is 0 Å². The molecule has 1 aliphatic heterocycles. The fourth-order valence-electron chi connectivity index (χ4n) is 4.82. The minimum atomic E-state index is -0.727. The van der Waals surface area contributed by atoms with Gasteiger partial charge in [-0.15, -0.1) is 0 Å². The van der Waals surface area contributed by atoms with Gasteiger partial charge in [-0.2, -0.15) is 0 Å². The fourth-order valence-corrected chi connectivity index (χ4v) is 4.82. The van der Waals surface area contributed by atoms with Crippen LogP contribution in [-0.4, -0.2) is 57.7 Å². The van der Waals surface area contributed by atoms with Crippen molar-refractivity contribution >= 4 is 16.9 Å². The molecule has 2 aromatic heterocycles. The quantitative estimate of drug-likeness (QED) is 0.513. The molecule has 4 rings (SSSR count). The number of nitrogens with zero attached hydrogens (tertiary/aromatic N) is 4. The summed E-state index contributed by atoms with van der Waals surface area (Å²) < 4.78 is 5.39. The van der Waals surface area contributed by atoms with Crippen molar-refractivity contribution in [2.75, 3.05) is 26.7 Å². The van der Waals surface area contributed by atoms with E-state index in [2.05, 4.69) is 37.8 Å². The first kappa shape index (κ1) is 23.7. The number of carboxylic acids is 1. The number of pyridine rings is 1. The highest BCUT2D eigenvalue weighted by molar-refractivity contribution is 5.83. The van der Waals surface area contributed by atoms with Crippen molar-refractivity contribution in [2.24, 2.45) is 11.8 Å². The van der Waals surface area contributed by atoms with Gasteiger partial charge < -0.3 is 9.84 Å². The van der Waals surface area contributed by atoms with Gasteiger partial charge in [0.1, 0.15) is 11.4 Å². The summed E-state index contributed by atoms with van der Waals surface area (Å²) >= 11 is 0.